The standard InChI is InChI=1S/C14H19ClN2/c1-2-11(7-10-8-14(16)17-9-10)12-3-5-13(15)6-4-12/h3-6,8,10-11,17H,2,7,9,16H2,1H3/t10-,11?/m0/s1. The highest BCUT2D eigenvalue weighted by atomic mass is 35.5. The molecule has 17 heavy (non-hydrogen) atoms. The summed E-state index contributed by atoms with van der Waals surface area (Å²) in [6.45, 7) is 3.20. The lowest BCUT2D eigenvalue weighted by atomic mass is 9.87. The molecule has 1 aliphatic heterocycles. The van der Waals surface area contributed by atoms with Gasteiger partial charge in [0.15, 0.2) is 0 Å². The fraction of sp³-hybridized carbons (Fsp3) is 0.429. The predicted molar refractivity (Wildman–Crippen MR) is 72.9 cm³/mol. The second-order valence-electron chi connectivity index (χ2n) is 4.66. The molecule has 2 atom stereocenters. The summed E-state index contributed by atoms with van der Waals surface area (Å²) in [7, 11) is 0. The zero-order chi connectivity index (χ0) is 12.3. The van der Waals surface area contributed by atoms with E-state index in [1.165, 1.54) is 5.56 Å². The lowest BCUT2D eigenvalue weighted by Gasteiger charge is -2.18. The van der Waals surface area contributed by atoms with Gasteiger partial charge in [0, 0.05) is 11.6 Å². The average Bonchev–Trinajstić information content (AvgIpc) is 2.73. The minimum atomic E-state index is 0.552. The molecule has 0 saturated carbocycles. The number of hydrogen-bond acceptors (Lipinski definition) is 2. The lowest BCUT2D eigenvalue weighted by molar-refractivity contribution is 0.502. The molecule has 0 fully saturated rings. The van der Waals surface area contributed by atoms with Gasteiger partial charge in [-0.3, -0.25) is 0 Å². The van der Waals surface area contributed by atoms with Gasteiger partial charge in [-0.1, -0.05) is 30.7 Å². The maximum Gasteiger partial charge on any atom is 0.0922 e. The number of halogens is 1. The summed E-state index contributed by atoms with van der Waals surface area (Å²) in [4.78, 5) is 0. The molecule has 0 spiro atoms. The van der Waals surface area contributed by atoms with Crippen LogP contribution in [0.3, 0.4) is 0 Å². The van der Waals surface area contributed by atoms with Crippen molar-refractivity contribution in [1.82, 2.24) is 5.32 Å². The van der Waals surface area contributed by atoms with Gasteiger partial charge in [0.25, 0.3) is 0 Å². The number of nitrogens with one attached hydrogen (secondary N) is 1. The SMILES string of the molecule is CCC(C[C@H]1C=C(N)NC1)c1ccc(Cl)cc1. The summed E-state index contributed by atoms with van der Waals surface area (Å²) in [6.07, 6.45) is 4.43. The molecule has 92 valence electrons. The quantitative estimate of drug-likeness (QED) is 0.861. The Bertz CT molecular complexity index is 397. The van der Waals surface area contributed by atoms with Crippen molar-refractivity contribution in [2.24, 2.45) is 11.7 Å². The molecule has 0 bridgehead atoms. The van der Waals surface area contributed by atoms with E-state index in [0.29, 0.717) is 11.8 Å². The highest BCUT2D eigenvalue weighted by molar-refractivity contribution is 6.30. The van der Waals surface area contributed by atoms with Crippen LogP contribution in [0.2, 0.25) is 5.02 Å². The molecule has 2 rings (SSSR count). The van der Waals surface area contributed by atoms with Crippen LogP contribution in [0.25, 0.3) is 0 Å². The summed E-state index contributed by atoms with van der Waals surface area (Å²) in [6, 6.07) is 8.20. The van der Waals surface area contributed by atoms with E-state index in [-0.39, 0.29) is 0 Å². The van der Waals surface area contributed by atoms with Crippen LogP contribution in [-0.4, -0.2) is 6.54 Å². The molecule has 2 nitrogen and oxygen atoms in total. The van der Waals surface area contributed by atoms with E-state index in [1.807, 2.05) is 12.1 Å². The number of rotatable bonds is 4. The molecule has 0 aliphatic carbocycles. The lowest BCUT2D eigenvalue weighted by Crippen LogP contribution is -2.17. The van der Waals surface area contributed by atoms with Crippen molar-refractivity contribution in [3.63, 3.8) is 0 Å². The van der Waals surface area contributed by atoms with Gasteiger partial charge in [0.2, 0.25) is 0 Å². The van der Waals surface area contributed by atoms with Gasteiger partial charge < -0.3 is 11.1 Å². The fourth-order valence-electron chi connectivity index (χ4n) is 2.41. The highest BCUT2D eigenvalue weighted by Crippen LogP contribution is 2.29. The molecular formula is C14H19ClN2. The Morgan fingerprint density at radius 1 is 1.41 bits per heavy atom. The first kappa shape index (κ1) is 12.3. The maximum absolute atomic E-state index is 5.91. The van der Waals surface area contributed by atoms with Crippen LogP contribution in [0.4, 0.5) is 0 Å². The third-order valence-corrected chi connectivity index (χ3v) is 3.66. The zero-order valence-electron chi connectivity index (χ0n) is 10.1. The Morgan fingerprint density at radius 2 is 2.12 bits per heavy atom. The van der Waals surface area contributed by atoms with Crippen LogP contribution in [0.1, 0.15) is 31.2 Å². The zero-order valence-corrected chi connectivity index (χ0v) is 10.9. The van der Waals surface area contributed by atoms with Crippen molar-refractivity contribution >= 4 is 11.6 Å². The Kier molecular flexibility index (Phi) is 3.95. The summed E-state index contributed by atoms with van der Waals surface area (Å²) in [5, 5.41) is 3.98. The van der Waals surface area contributed by atoms with Gasteiger partial charge in [-0.25, -0.2) is 0 Å². The van der Waals surface area contributed by atoms with E-state index in [1.54, 1.807) is 0 Å². The summed E-state index contributed by atoms with van der Waals surface area (Å²) in [5.74, 6) is 1.96. The summed E-state index contributed by atoms with van der Waals surface area (Å²) in [5.41, 5.74) is 7.10. The molecule has 1 unspecified atom stereocenters. The third-order valence-electron chi connectivity index (χ3n) is 3.41. The van der Waals surface area contributed by atoms with Crippen LogP contribution < -0.4 is 11.1 Å². The predicted octanol–water partition coefficient (Wildman–Crippen LogP) is 3.24. The average molecular weight is 251 g/mol. The maximum atomic E-state index is 5.91. The Morgan fingerprint density at radius 3 is 2.65 bits per heavy atom. The van der Waals surface area contributed by atoms with Crippen molar-refractivity contribution in [2.45, 2.75) is 25.7 Å². The number of benzene rings is 1. The molecule has 0 aromatic heterocycles. The molecule has 1 aliphatic rings. The molecule has 3 heteroatoms. The first-order valence-corrected chi connectivity index (χ1v) is 6.53. The minimum absolute atomic E-state index is 0.552. The van der Waals surface area contributed by atoms with Crippen LogP contribution in [0, 0.1) is 5.92 Å². The summed E-state index contributed by atoms with van der Waals surface area (Å²) < 4.78 is 0. The molecule has 3 N–H and O–H groups in total. The molecule has 0 amide bonds. The van der Waals surface area contributed by atoms with Crippen molar-refractivity contribution in [3.05, 3.63) is 46.7 Å². The largest absolute Gasteiger partial charge is 0.386 e. The van der Waals surface area contributed by atoms with Crippen LogP contribution in [-0.2, 0) is 0 Å². The van der Waals surface area contributed by atoms with Crippen molar-refractivity contribution < 1.29 is 0 Å². The second-order valence-corrected chi connectivity index (χ2v) is 5.09. The molecule has 0 radical (unpaired) electrons. The van der Waals surface area contributed by atoms with Gasteiger partial charge in [0.05, 0.1) is 5.82 Å². The topological polar surface area (TPSA) is 38.0 Å². The normalized spacial score (nSPS) is 20.8. The van der Waals surface area contributed by atoms with Crippen molar-refractivity contribution in [3.8, 4) is 0 Å². The monoisotopic (exact) mass is 250 g/mol. The van der Waals surface area contributed by atoms with E-state index in [9.17, 15) is 0 Å². The minimum Gasteiger partial charge on any atom is -0.386 e. The van der Waals surface area contributed by atoms with Gasteiger partial charge in [-0.2, -0.15) is 0 Å². The van der Waals surface area contributed by atoms with Gasteiger partial charge in [0.1, 0.15) is 0 Å². The summed E-state index contributed by atoms with van der Waals surface area (Å²) >= 11 is 5.91. The fourth-order valence-corrected chi connectivity index (χ4v) is 2.54. The molecule has 0 saturated heterocycles. The third kappa shape index (κ3) is 3.16. The van der Waals surface area contributed by atoms with Crippen LogP contribution in [0.15, 0.2) is 36.2 Å². The van der Waals surface area contributed by atoms with Crippen molar-refractivity contribution in [1.29, 1.82) is 0 Å². The molecular weight excluding hydrogens is 232 g/mol. The molecule has 1 heterocycles. The number of nitrogens with two attached hydrogens (primary N) is 1. The van der Waals surface area contributed by atoms with E-state index in [2.05, 4.69) is 30.4 Å². The Balaban J connectivity index is 2.04. The first-order chi connectivity index (χ1) is 8.19. The van der Waals surface area contributed by atoms with Crippen LogP contribution >= 0.6 is 11.6 Å². The van der Waals surface area contributed by atoms with E-state index in [0.717, 1.165) is 30.2 Å². The van der Waals surface area contributed by atoms with E-state index < -0.39 is 0 Å². The molecule has 1 aromatic rings. The van der Waals surface area contributed by atoms with E-state index >= 15 is 0 Å². The van der Waals surface area contributed by atoms with Gasteiger partial charge >= 0.3 is 0 Å². The van der Waals surface area contributed by atoms with Gasteiger partial charge in [-0.05, 0) is 48.4 Å². The Labute approximate surface area is 108 Å². The highest BCUT2D eigenvalue weighted by Gasteiger charge is 2.19. The van der Waals surface area contributed by atoms with Crippen LogP contribution in [0.5, 0.6) is 0 Å². The second kappa shape index (κ2) is 5.46. The molecule has 1 aromatic carbocycles. The number of hydrogen-bond donors (Lipinski definition) is 2. The first-order valence-electron chi connectivity index (χ1n) is 6.15. The Hall–Kier alpha value is -1.15. The smallest absolute Gasteiger partial charge is 0.0922 e. The van der Waals surface area contributed by atoms with Gasteiger partial charge in [-0.15, -0.1) is 0 Å². The van der Waals surface area contributed by atoms with E-state index in [4.69, 9.17) is 17.3 Å². The van der Waals surface area contributed by atoms with Crippen molar-refractivity contribution in [2.75, 3.05) is 6.54 Å².